The Morgan fingerprint density at radius 1 is 0.618 bits per heavy atom. The van der Waals surface area contributed by atoms with Gasteiger partial charge in [-0.3, -0.25) is 0 Å². The lowest BCUT2D eigenvalue weighted by Crippen LogP contribution is -2.06. The van der Waals surface area contributed by atoms with Crippen molar-refractivity contribution in [2.75, 3.05) is 0 Å². The van der Waals surface area contributed by atoms with Crippen LogP contribution in [-0.4, -0.2) is 32.8 Å². The topological polar surface area (TPSA) is 102 Å². The van der Waals surface area contributed by atoms with Crippen molar-refractivity contribution >= 4 is 38.7 Å². The zero-order chi connectivity index (χ0) is 23.3. The Morgan fingerprint density at radius 3 is 1.29 bits per heavy atom. The molecule has 2 aliphatic rings. The highest BCUT2D eigenvalue weighted by Crippen LogP contribution is 2.60. The maximum absolute atomic E-state index is 13.2. The molecule has 7 nitrogen and oxygen atoms in total. The third-order valence-corrected chi connectivity index (χ3v) is 9.07. The fourth-order valence-corrected chi connectivity index (χ4v) is 7.02. The van der Waals surface area contributed by atoms with Crippen molar-refractivity contribution in [1.82, 2.24) is 0 Å². The molecule has 4 rings (SSSR count). The first-order valence-electron chi connectivity index (χ1n) is 11.8. The van der Waals surface area contributed by atoms with E-state index in [1.54, 1.807) is 24.3 Å². The second-order valence-corrected chi connectivity index (χ2v) is 11.9. The average molecular weight is 521 g/mol. The van der Waals surface area contributed by atoms with Crippen LogP contribution in [0.2, 0.25) is 0 Å². The van der Waals surface area contributed by atoms with Crippen molar-refractivity contribution in [2.24, 2.45) is 0 Å². The van der Waals surface area contributed by atoms with Crippen molar-refractivity contribution in [2.45, 2.75) is 76.0 Å². The summed E-state index contributed by atoms with van der Waals surface area (Å²) >= 11 is 0. The Morgan fingerprint density at radius 2 is 0.971 bits per heavy atom. The molecule has 0 aliphatic heterocycles. The average Bonchev–Trinajstić information content (AvgIpc) is 2.80. The minimum atomic E-state index is -5.14. The summed E-state index contributed by atoms with van der Waals surface area (Å²) in [7, 11) is -9.78. The Hall–Kier alpha value is -0.854. The normalized spacial score (nSPS) is 18.2. The number of hydrogen-bond donors (Lipinski definition) is 2. The molecular formula is C24H34MgO7P2. The van der Waals surface area contributed by atoms with E-state index in [0.717, 1.165) is 25.7 Å². The van der Waals surface area contributed by atoms with Gasteiger partial charge in [0.25, 0.3) is 0 Å². The van der Waals surface area contributed by atoms with Gasteiger partial charge in [0.15, 0.2) is 0 Å². The van der Waals surface area contributed by atoms with Gasteiger partial charge < -0.3 is 18.8 Å². The summed E-state index contributed by atoms with van der Waals surface area (Å²) in [6.07, 6.45) is 11.9. The predicted octanol–water partition coefficient (Wildman–Crippen LogP) is 6.54. The SMILES string of the molecule is O=P(O)(O)OP(=O)(Oc1ccc(C2CCCCC2)cc1)Oc1ccc(C2CCCCC2)cc1.[MgH2]. The van der Waals surface area contributed by atoms with Gasteiger partial charge in [0.05, 0.1) is 0 Å². The quantitative estimate of drug-likeness (QED) is 0.301. The molecular weight excluding hydrogens is 487 g/mol. The Labute approximate surface area is 217 Å². The van der Waals surface area contributed by atoms with Gasteiger partial charge in [0.1, 0.15) is 11.5 Å². The van der Waals surface area contributed by atoms with E-state index < -0.39 is 15.6 Å². The summed E-state index contributed by atoms with van der Waals surface area (Å²) in [5.74, 6) is 1.30. The van der Waals surface area contributed by atoms with Gasteiger partial charge in [-0.15, -0.1) is 0 Å². The van der Waals surface area contributed by atoms with Gasteiger partial charge in [-0.1, -0.05) is 62.8 Å². The Kier molecular flexibility index (Phi) is 10.1. The third kappa shape index (κ3) is 8.09. The van der Waals surface area contributed by atoms with Crippen LogP contribution in [0, 0.1) is 0 Å². The molecule has 0 bridgehead atoms. The van der Waals surface area contributed by atoms with Crippen LogP contribution >= 0.6 is 15.6 Å². The van der Waals surface area contributed by atoms with Crippen LogP contribution in [0.4, 0.5) is 0 Å². The molecule has 2 N–H and O–H groups in total. The lowest BCUT2D eigenvalue weighted by Gasteiger charge is -2.23. The van der Waals surface area contributed by atoms with E-state index in [2.05, 4.69) is 4.31 Å². The third-order valence-electron chi connectivity index (χ3n) is 6.55. The van der Waals surface area contributed by atoms with Crippen LogP contribution in [0.25, 0.3) is 0 Å². The predicted molar refractivity (Wildman–Crippen MR) is 135 cm³/mol. The second kappa shape index (κ2) is 12.4. The first-order chi connectivity index (χ1) is 15.8. The zero-order valence-electron chi connectivity index (χ0n) is 18.7. The Bertz CT molecular complexity index is 927. The first kappa shape index (κ1) is 27.7. The molecule has 2 aromatic carbocycles. The molecule has 2 aliphatic carbocycles. The number of benzene rings is 2. The summed E-state index contributed by atoms with van der Waals surface area (Å²) in [6.45, 7) is 0. The van der Waals surface area contributed by atoms with Gasteiger partial charge in [-0.2, -0.15) is 4.31 Å². The second-order valence-electron chi connectivity index (χ2n) is 9.01. The van der Waals surface area contributed by atoms with Crippen molar-refractivity contribution in [3.05, 3.63) is 59.7 Å². The molecule has 10 heteroatoms. The van der Waals surface area contributed by atoms with Gasteiger partial charge in [0, 0.05) is 0 Å². The molecule has 0 saturated heterocycles. The summed E-state index contributed by atoms with van der Waals surface area (Å²) in [5.41, 5.74) is 2.35. The molecule has 0 spiro atoms. The highest BCUT2D eigenvalue weighted by molar-refractivity contribution is 7.61. The first-order valence-corrected chi connectivity index (χ1v) is 14.7. The molecule has 0 atom stereocenters. The Balaban J connectivity index is 0.00000324. The van der Waals surface area contributed by atoms with Crippen molar-refractivity contribution in [3.8, 4) is 11.5 Å². The summed E-state index contributed by atoms with van der Waals surface area (Å²) < 4.78 is 40.0. The van der Waals surface area contributed by atoms with Crippen molar-refractivity contribution in [1.29, 1.82) is 0 Å². The van der Waals surface area contributed by atoms with Crippen LogP contribution in [0.1, 0.15) is 87.2 Å². The van der Waals surface area contributed by atoms with Crippen LogP contribution in [0.3, 0.4) is 0 Å². The monoisotopic (exact) mass is 520 g/mol. The molecule has 0 aromatic heterocycles. The van der Waals surface area contributed by atoms with E-state index in [1.165, 1.54) is 49.7 Å². The number of phosphoric acid groups is 2. The van der Waals surface area contributed by atoms with Gasteiger partial charge in [-0.05, 0) is 72.9 Å². The summed E-state index contributed by atoms with van der Waals surface area (Å²) in [5, 5.41) is 0. The smallest absolute Gasteiger partial charge is 0.395 e. The van der Waals surface area contributed by atoms with Crippen LogP contribution in [0.5, 0.6) is 11.5 Å². The summed E-state index contributed by atoms with van der Waals surface area (Å²) in [6, 6.07) is 14.1. The number of phosphoric ester groups is 1. The maximum Gasteiger partial charge on any atom is 0.596 e. The molecule has 184 valence electrons. The van der Waals surface area contributed by atoms with Gasteiger partial charge in [-0.25, -0.2) is 9.13 Å². The lowest BCUT2D eigenvalue weighted by atomic mass is 9.84. The molecule has 0 amide bonds. The summed E-state index contributed by atoms with van der Waals surface area (Å²) in [4.78, 5) is 18.6. The van der Waals surface area contributed by atoms with Crippen molar-refractivity contribution in [3.63, 3.8) is 0 Å². The molecule has 2 fully saturated rings. The minimum absolute atomic E-state index is 0. The zero-order valence-corrected chi connectivity index (χ0v) is 20.5. The van der Waals surface area contributed by atoms with E-state index in [1.807, 2.05) is 24.3 Å². The van der Waals surface area contributed by atoms with E-state index >= 15 is 0 Å². The fraction of sp³-hybridized carbons (Fsp3) is 0.500. The van der Waals surface area contributed by atoms with E-state index in [4.69, 9.17) is 9.05 Å². The molecule has 2 aromatic rings. The highest BCUT2D eigenvalue weighted by atomic mass is 31.3. The lowest BCUT2D eigenvalue weighted by molar-refractivity contribution is 0.233. The standard InChI is InChI=1S/C24H32O7P2.Mg.2H/c25-32(26,27)31-33(28,29-23-15-11-21(12-16-23)19-7-3-1-4-8-19)30-24-17-13-22(14-18-24)20-9-5-2-6-10-20;;;/h11-20H,1-10H2,(H2,25,26,27);;;. The number of rotatable bonds is 8. The van der Waals surface area contributed by atoms with Crippen molar-refractivity contribution < 1.29 is 32.3 Å². The van der Waals surface area contributed by atoms with E-state index in [9.17, 15) is 18.9 Å². The van der Waals surface area contributed by atoms with E-state index in [0.29, 0.717) is 11.8 Å². The van der Waals surface area contributed by atoms with Gasteiger partial charge >= 0.3 is 38.7 Å². The molecule has 34 heavy (non-hydrogen) atoms. The largest absolute Gasteiger partial charge is 0.596 e. The van der Waals surface area contributed by atoms with Crippen LogP contribution in [0.15, 0.2) is 48.5 Å². The molecule has 0 heterocycles. The number of hydrogen-bond acceptors (Lipinski definition) is 5. The molecule has 0 radical (unpaired) electrons. The minimum Gasteiger partial charge on any atom is -0.395 e. The maximum atomic E-state index is 13.2. The molecule has 0 unspecified atom stereocenters. The highest BCUT2D eigenvalue weighted by Gasteiger charge is 2.39. The van der Waals surface area contributed by atoms with E-state index in [-0.39, 0.29) is 34.6 Å². The van der Waals surface area contributed by atoms with Crippen LogP contribution < -0.4 is 9.05 Å². The fourth-order valence-electron chi connectivity index (χ4n) is 4.91. The molecule has 2 saturated carbocycles. The van der Waals surface area contributed by atoms with Crippen LogP contribution in [-0.2, 0) is 13.4 Å². The van der Waals surface area contributed by atoms with Gasteiger partial charge in [0.2, 0.25) is 0 Å².